The predicted molar refractivity (Wildman–Crippen MR) is 120 cm³/mol. The van der Waals surface area contributed by atoms with Gasteiger partial charge in [-0.15, -0.1) is 0 Å². The number of halogens is 2. The Morgan fingerprint density at radius 1 is 0.633 bits per heavy atom. The minimum atomic E-state index is -2.00. The molecule has 2 aliphatic carbocycles. The summed E-state index contributed by atoms with van der Waals surface area (Å²) in [7, 11) is 0. The summed E-state index contributed by atoms with van der Waals surface area (Å²) in [5.74, 6) is 0. The van der Waals surface area contributed by atoms with Crippen LogP contribution < -0.4 is 24.8 Å². The Bertz CT molecular complexity index is 983. The molecule has 0 aromatic heterocycles. The summed E-state index contributed by atoms with van der Waals surface area (Å²) in [6.45, 7) is 9.45. The molecule has 0 radical (unpaired) electrons. The topological polar surface area (TPSA) is 0 Å². The van der Waals surface area contributed by atoms with Gasteiger partial charge in [0.05, 0.1) is 0 Å². The van der Waals surface area contributed by atoms with Gasteiger partial charge in [-0.05, 0) is 0 Å². The Hall–Kier alpha value is -1.27. The first-order chi connectivity index (χ1) is 13.5. The maximum absolute atomic E-state index is 2.45. The average molecular weight is 515 g/mol. The van der Waals surface area contributed by atoms with Crippen molar-refractivity contribution in [3.63, 3.8) is 0 Å². The van der Waals surface area contributed by atoms with Crippen LogP contribution in [-0.2, 0) is 21.3 Å². The molecule has 0 fully saturated rings. The predicted octanol–water partition coefficient (Wildman–Crippen LogP) is 1.35. The Labute approximate surface area is 201 Å². The summed E-state index contributed by atoms with van der Waals surface area (Å²) in [4.78, 5) is 0. The third kappa shape index (κ3) is 5.13. The molecule has 3 heteroatoms. The van der Waals surface area contributed by atoms with Crippen molar-refractivity contribution in [3.05, 3.63) is 102 Å². The average Bonchev–Trinajstić information content (AvgIpc) is 3.27. The van der Waals surface area contributed by atoms with Gasteiger partial charge in [0.1, 0.15) is 0 Å². The quantitative estimate of drug-likeness (QED) is 0.578. The van der Waals surface area contributed by atoms with Crippen molar-refractivity contribution in [2.45, 2.75) is 40.5 Å². The number of hydrogen-bond donors (Lipinski definition) is 0. The standard InChI is InChI=1S/2C12H11.C3H6.2ClH.Zr/c2*1-10-7-8-12(9-10)11-5-3-2-4-6-11;1-3-2;;;/h2*2-6,9H,8H2,1H3;1-2H3;2*1H;/q;;;;;+2/p-2. The van der Waals surface area contributed by atoms with E-state index in [1.807, 2.05) is 0 Å². The van der Waals surface area contributed by atoms with E-state index in [0.29, 0.717) is 0 Å². The summed E-state index contributed by atoms with van der Waals surface area (Å²) in [5, 5.41) is 0. The maximum atomic E-state index is 2.45. The number of benzene rings is 2. The van der Waals surface area contributed by atoms with E-state index in [0.717, 1.165) is 12.8 Å². The Balaban J connectivity index is 0.00000160. The van der Waals surface area contributed by atoms with E-state index in [2.05, 4.69) is 101 Å². The first kappa shape index (κ1) is 25.0. The van der Waals surface area contributed by atoms with Crippen molar-refractivity contribution in [3.8, 4) is 0 Å². The Morgan fingerprint density at radius 2 is 1.00 bits per heavy atom. The van der Waals surface area contributed by atoms with Crippen LogP contribution in [0, 0.1) is 0 Å². The molecule has 2 aliphatic rings. The summed E-state index contributed by atoms with van der Waals surface area (Å²) in [5.41, 5.74) is 8.83. The molecule has 0 heterocycles. The summed E-state index contributed by atoms with van der Waals surface area (Å²) in [6, 6.07) is 21.8. The fourth-order valence-electron chi connectivity index (χ4n) is 4.49. The molecule has 2 aromatic carbocycles. The normalized spacial score (nSPS) is 15.0. The maximum Gasteiger partial charge on any atom is -1.00 e. The second-order valence-corrected chi connectivity index (χ2v) is 15.4. The first-order valence-corrected chi connectivity index (χ1v) is 13.8. The monoisotopic (exact) mass is 512 g/mol. The van der Waals surface area contributed by atoms with Crippen LogP contribution in [0.5, 0.6) is 0 Å². The first-order valence-electron chi connectivity index (χ1n) is 10.1. The molecule has 0 bridgehead atoms. The van der Waals surface area contributed by atoms with Gasteiger partial charge >= 0.3 is 178 Å². The molecule has 0 nitrogen and oxygen atoms in total. The number of rotatable bonds is 4. The van der Waals surface area contributed by atoms with Gasteiger partial charge in [-0.1, -0.05) is 0 Å². The fourth-order valence-corrected chi connectivity index (χ4v) is 12.5. The zero-order valence-electron chi connectivity index (χ0n) is 18.1. The van der Waals surface area contributed by atoms with Gasteiger partial charge < -0.3 is 24.8 Å². The molecular formula is C27H28Cl2Zr. The molecular weight excluding hydrogens is 486 g/mol. The van der Waals surface area contributed by atoms with E-state index < -0.39 is 21.3 Å². The van der Waals surface area contributed by atoms with Crippen LogP contribution in [0.2, 0.25) is 0 Å². The molecule has 154 valence electrons. The van der Waals surface area contributed by atoms with Crippen LogP contribution in [-0.4, -0.2) is 3.21 Å². The molecule has 0 unspecified atom stereocenters. The number of allylic oxidation sites excluding steroid dienone is 8. The van der Waals surface area contributed by atoms with E-state index in [1.165, 1.54) is 33.4 Å². The zero-order chi connectivity index (χ0) is 19.7. The largest absolute Gasteiger partial charge is 1.00 e. The van der Waals surface area contributed by atoms with Crippen molar-refractivity contribution in [1.29, 1.82) is 0 Å². The van der Waals surface area contributed by atoms with Crippen LogP contribution in [0.1, 0.15) is 51.7 Å². The Kier molecular flexibility index (Phi) is 9.04. The summed E-state index contributed by atoms with van der Waals surface area (Å²) >= 11 is -2.00. The second kappa shape index (κ2) is 10.9. The van der Waals surface area contributed by atoms with Crippen molar-refractivity contribution >= 4 is 14.4 Å². The third-order valence-corrected chi connectivity index (χ3v) is 14.1. The molecule has 0 amide bonds. The van der Waals surface area contributed by atoms with Gasteiger partial charge in [0.2, 0.25) is 0 Å². The second-order valence-electron chi connectivity index (χ2n) is 8.12. The van der Waals surface area contributed by atoms with Crippen molar-refractivity contribution in [1.82, 2.24) is 0 Å². The molecule has 4 rings (SSSR count). The van der Waals surface area contributed by atoms with E-state index >= 15 is 0 Å². The van der Waals surface area contributed by atoms with Crippen molar-refractivity contribution in [2.24, 2.45) is 0 Å². The van der Waals surface area contributed by atoms with E-state index in [1.54, 1.807) is 9.77 Å². The molecule has 2 aromatic rings. The van der Waals surface area contributed by atoms with E-state index in [9.17, 15) is 0 Å². The molecule has 0 N–H and O–H groups in total. The minimum Gasteiger partial charge on any atom is -1.00 e. The van der Waals surface area contributed by atoms with Gasteiger partial charge in [0, 0.05) is 0 Å². The molecule has 30 heavy (non-hydrogen) atoms. The molecule has 0 spiro atoms. The van der Waals surface area contributed by atoms with Crippen LogP contribution in [0.25, 0.3) is 11.1 Å². The SMILES string of the molecule is CC1=[C]([Zr+2]([C]2=C(C)C=C(c3ccccc3)C2)=[C](C)C)CC(c2ccccc2)=C1.[Cl-].[Cl-]. The van der Waals surface area contributed by atoms with Crippen LogP contribution in [0.15, 0.2) is 90.5 Å². The van der Waals surface area contributed by atoms with Gasteiger partial charge in [0.25, 0.3) is 0 Å². The van der Waals surface area contributed by atoms with Crippen molar-refractivity contribution in [2.75, 3.05) is 0 Å². The summed E-state index contributed by atoms with van der Waals surface area (Å²) in [6.07, 6.45) is 7.19. The third-order valence-electron chi connectivity index (χ3n) is 5.86. The van der Waals surface area contributed by atoms with Crippen LogP contribution in [0.4, 0.5) is 0 Å². The fraction of sp³-hybridized carbons (Fsp3) is 0.222. The zero-order valence-corrected chi connectivity index (χ0v) is 22.1. The number of hydrogen-bond acceptors (Lipinski definition) is 0. The van der Waals surface area contributed by atoms with Crippen LogP contribution in [0.3, 0.4) is 0 Å². The van der Waals surface area contributed by atoms with Gasteiger partial charge in [-0.3, -0.25) is 0 Å². The van der Waals surface area contributed by atoms with E-state index in [-0.39, 0.29) is 24.8 Å². The van der Waals surface area contributed by atoms with Crippen LogP contribution >= 0.6 is 0 Å². The van der Waals surface area contributed by atoms with Gasteiger partial charge in [0.15, 0.2) is 0 Å². The summed E-state index contributed by atoms with van der Waals surface area (Å²) < 4.78 is 5.24. The van der Waals surface area contributed by atoms with Gasteiger partial charge in [-0.2, -0.15) is 0 Å². The van der Waals surface area contributed by atoms with Gasteiger partial charge in [-0.25, -0.2) is 0 Å². The van der Waals surface area contributed by atoms with E-state index in [4.69, 9.17) is 0 Å². The van der Waals surface area contributed by atoms with Crippen molar-refractivity contribution < 1.29 is 46.1 Å². The minimum absolute atomic E-state index is 0. The molecule has 0 saturated carbocycles. The molecule has 0 atom stereocenters. The molecule has 0 saturated heterocycles. The molecule has 0 aliphatic heterocycles. The Morgan fingerprint density at radius 3 is 1.33 bits per heavy atom. The smallest absolute Gasteiger partial charge is 1.00 e.